The van der Waals surface area contributed by atoms with Crippen LogP contribution in [0.3, 0.4) is 0 Å². The van der Waals surface area contributed by atoms with Crippen LogP contribution in [0.25, 0.3) is 0 Å². The van der Waals surface area contributed by atoms with Crippen LogP contribution in [0.5, 0.6) is 5.75 Å². The van der Waals surface area contributed by atoms with Crippen LogP contribution in [0.2, 0.25) is 0 Å². The first-order valence-corrected chi connectivity index (χ1v) is 8.41. The van der Waals surface area contributed by atoms with Gasteiger partial charge in [-0.05, 0) is 30.3 Å². The first kappa shape index (κ1) is 22.0. The van der Waals surface area contributed by atoms with E-state index in [1.165, 1.54) is 37.4 Å². The number of aliphatic hydroxyl groups excluding tert-OH is 1. The number of ether oxygens (including phenoxy) is 1. The third-order valence-electron chi connectivity index (χ3n) is 3.55. The number of rotatable bonds is 7. The molecular formula is C18H19F3N4O4. The zero-order chi connectivity index (χ0) is 21.4. The van der Waals surface area contributed by atoms with Crippen molar-refractivity contribution in [1.82, 2.24) is 15.6 Å². The van der Waals surface area contributed by atoms with Crippen molar-refractivity contribution in [3.8, 4) is 5.75 Å². The topological polar surface area (TPSA) is 113 Å². The van der Waals surface area contributed by atoms with Crippen LogP contribution < -0.4 is 20.7 Å². The van der Waals surface area contributed by atoms with Crippen molar-refractivity contribution in [3.63, 3.8) is 0 Å². The molecule has 11 heteroatoms. The second-order valence-corrected chi connectivity index (χ2v) is 5.81. The van der Waals surface area contributed by atoms with Gasteiger partial charge in [-0.3, -0.25) is 10.1 Å². The van der Waals surface area contributed by atoms with Crippen molar-refractivity contribution in [1.29, 1.82) is 0 Å². The second-order valence-electron chi connectivity index (χ2n) is 5.81. The molecule has 1 heterocycles. The van der Waals surface area contributed by atoms with Crippen molar-refractivity contribution in [2.75, 3.05) is 25.5 Å². The number of nitrogens with zero attached hydrogens (tertiary/aromatic N) is 1. The molecule has 0 unspecified atom stereocenters. The number of benzene rings is 1. The zero-order valence-electron chi connectivity index (χ0n) is 15.3. The van der Waals surface area contributed by atoms with Gasteiger partial charge in [-0.1, -0.05) is 12.1 Å². The van der Waals surface area contributed by atoms with Crippen LogP contribution in [-0.4, -0.2) is 48.3 Å². The average molecular weight is 412 g/mol. The number of carbonyl (C=O) groups is 2. The number of aliphatic hydroxyl groups is 1. The molecule has 0 aliphatic heterocycles. The molecule has 29 heavy (non-hydrogen) atoms. The summed E-state index contributed by atoms with van der Waals surface area (Å²) in [5.41, 5.74) is -0.756. The summed E-state index contributed by atoms with van der Waals surface area (Å²) >= 11 is 0. The number of pyridine rings is 1. The first-order valence-electron chi connectivity index (χ1n) is 8.41. The van der Waals surface area contributed by atoms with Crippen LogP contribution in [0.15, 0.2) is 42.5 Å². The highest BCUT2D eigenvalue weighted by molar-refractivity contribution is 5.93. The number of alkyl halides is 3. The Kier molecular flexibility index (Phi) is 7.37. The van der Waals surface area contributed by atoms with Crippen LogP contribution in [-0.2, 0) is 6.18 Å². The van der Waals surface area contributed by atoms with Crippen molar-refractivity contribution >= 4 is 17.8 Å². The summed E-state index contributed by atoms with van der Waals surface area (Å²) in [5, 5.41) is 17.0. The van der Waals surface area contributed by atoms with Crippen molar-refractivity contribution in [2.45, 2.75) is 12.3 Å². The molecular weight excluding hydrogens is 393 g/mol. The summed E-state index contributed by atoms with van der Waals surface area (Å²) in [6.07, 6.45) is -5.67. The minimum atomic E-state index is -4.50. The van der Waals surface area contributed by atoms with Crippen molar-refractivity contribution in [3.05, 3.63) is 53.7 Å². The van der Waals surface area contributed by atoms with E-state index in [-0.39, 0.29) is 30.4 Å². The smallest absolute Gasteiger partial charge is 0.416 e. The maximum atomic E-state index is 12.7. The Labute approximate surface area is 164 Å². The van der Waals surface area contributed by atoms with Gasteiger partial charge in [-0.15, -0.1) is 0 Å². The quantitative estimate of drug-likeness (QED) is 0.556. The molecule has 0 fully saturated rings. The van der Waals surface area contributed by atoms with Gasteiger partial charge in [0, 0.05) is 13.6 Å². The fourth-order valence-corrected chi connectivity index (χ4v) is 2.14. The molecule has 8 nitrogen and oxygen atoms in total. The molecule has 2 rings (SSSR count). The van der Waals surface area contributed by atoms with E-state index in [4.69, 9.17) is 4.74 Å². The lowest BCUT2D eigenvalue weighted by molar-refractivity contribution is -0.137. The molecule has 0 bridgehead atoms. The lowest BCUT2D eigenvalue weighted by atomic mass is 10.2. The van der Waals surface area contributed by atoms with Gasteiger partial charge in [0.1, 0.15) is 30.0 Å². The highest BCUT2D eigenvalue weighted by Gasteiger charge is 2.30. The molecule has 0 saturated carbocycles. The fraction of sp³-hybridized carbons (Fsp3) is 0.278. The molecule has 1 atom stereocenters. The fourth-order valence-electron chi connectivity index (χ4n) is 2.14. The van der Waals surface area contributed by atoms with E-state index in [1.54, 1.807) is 0 Å². The third kappa shape index (κ3) is 6.96. The summed E-state index contributed by atoms with van der Waals surface area (Å²) in [5.74, 6) is -0.354. The number of aromatic nitrogens is 1. The lowest BCUT2D eigenvalue weighted by Crippen LogP contribution is -2.38. The Morgan fingerprint density at radius 3 is 2.62 bits per heavy atom. The Bertz CT molecular complexity index is 861. The molecule has 156 valence electrons. The predicted molar refractivity (Wildman–Crippen MR) is 97.6 cm³/mol. The predicted octanol–water partition coefficient (Wildman–Crippen LogP) is 2.02. The van der Waals surface area contributed by atoms with Gasteiger partial charge in [-0.2, -0.15) is 13.2 Å². The van der Waals surface area contributed by atoms with Crippen LogP contribution in [0.4, 0.5) is 23.8 Å². The number of anilines is 1. The molecule has 0 aliphatic carbocycles. The van der Waals surface area contributed by atoms with Gasteiger partial charge in [0.25, 0.3) is 5.91 Å². The Morgan fingerprint density at radius 1 is 1.21 bits per heavy atom. The average Bonchev–Trinajstić information content (AvgIpc) is 2.70. The number of nitrogens with one attached hydrogen (secondary N) is 3. The van der Waals surface area contributed by atoms with E-state index in [0.29, 0.717) is 0 Å². The highest BCUT2D eigenvalue weighted by Crippen LogP contribution is 2.31. The summed E-state index contributed by atoms with van der Waals surface area (Å²) in [4.78, 5) is 27.3. The molecule has 4 N–H and O–H groups in total. The van der Waals surface area contributed by atoms with E-state index >= 15 is 0 Å². The lowest BCUT2D eigenvalue weighted by Gasteiger charge is -2.15. The molecule has 2 aromatic rings. The number of hydrogen-bond donors (Lipinski definition) is 4. The molecule has 0 spiro atoms. The van der Waals surface area contributed by atoms with E-state index in [1.807, 2.05) is 0 Å². The van der Waals surface area contributed by atoms with Gasteiger partial charge >= 0.3 is 12.2 Å². The number of amides is 3. The third-order valence-corrected chi connectivity index (χ3v) is 3.55. The van der Waals surface area contributed by atoms with Crippen molar-refractivity contribution < 1.29 is 32.6 Å². The standard InChI is InChI=1S/C18H19F3N4O4/c1-22-16(27)14-6-3-7-15(24-14)25-17(28)23-9-12(26)10-29-13-5-2-4-11(8-13)18(19,20)21/h2-8,12,26H,9-10H2,1H3,(H,22,27)(H2,23,24,25,28)/t12-/m0/s1. The Hall–Kier alpha value is -3.34. The summed E-state index contributed by atoms with van der Waals surface area (Å²) in [7, 11) is 1.44. The van der Waals surface area contributed by atoms with E-state index in [2.05, 4.69) is 20.9 Å². The van der Waals surface area contributed by atoms with E-state index < -0.39 is 29.8 Å². The van der Waals surface area contributed by atoms with E-state index in [0.717, 1.165) is 12.1 Å². The SMILES string of the molecule is CNC(=O)c1cccc(NC(=O)NC[C@H](O)COc2cccc(C(F)(F)F)c2)n1. The molecule has 1 aromatic heterocycles. The highest BCUT2D eigenvalue weighted by atomic mass is 19.4. The number of carbonyl (C=O) groups excluding carboxylic acids is 2. The maximum Gasteiger partial charge on any atom is 0.416 e. The molecule has 3 amide bonds. The first-order chi connectivity index (χ1) is 13.7. The van der Waals surface area contributed by atoms with E-state index in [9.17, 15) is 27.9 Å². The van der Waals surface area contributed by atoms with Gasteiger partial charge in [0.05, 0.1) is 5.56 Å². The molecule has 0 radical (unpaired) electrons. The Morgan fingerprint density at radius 2 is 1.93 bits per heavy atom. The molecule has 0 saturated heterocycles. The Balaban J connectivity index is 1.80. The normalized spacial score (nSPS) is 12.0. The summed E-state index contributed by atoms with van der Waals surface area (Å²) in [6.45, 7) is -0.550. The van der Waals surface area contributed by atoms with Gasteiger partial charge in [0.15, 0.2) is 0 Å². The number of hydrogen-bond acceptors (Lipinski definition) is 5. The minimum Gasteiger partial charge on any atom is -0.491 e. The summed E-state index contributed by atoms with van der Waals surface area (Å²) < 4.78 is 43.1. The van der Waals surface area contributed by atoms with Gasteiger partial charge < -0.3 is 20.5 Å². The van der Waals surface area contributed by atoms with Crippen LogP contribution in [0.1, 0.15) is 16.1 Å². The number of urea groups is 1. The maximum absolute atomic E-state index is 12.7. The molecule has 1 aromatic carbocycles. The largest absolute Gasteiger partial charge is 0.491 e. The van der Waals surface area contributed by atoms with Crippen molar-refractivity contribution in [2.24, 2.45) is 0 Å². The van der Waals surface area contributed by atoms with Gasteiger partial charge in [0.2, 0.25) is 0 Å². The van der Waals surface area contributed by atoms with Crippen LogP contribution >= 0.6 is 0 Å². The molecule has 0 aliphatic rings. The zero-order valence-corrected chi connectivity index (χ0v) is 15.3. The minimum absolute atomic E-state index is 0.0569. The monoisotopic (exact) mass is 412 g/mol. The summed E-state index contributed by atoms with van der Waals surface area (Å²) in [6, 6.07) is 8.02. The second kappa shape index (κ2) is 9.73. The number of halogens is 3. The van der Waals surface area contributed by atoms with Gasteiger partial charge in [-0.25, -0.2) is 9.78 Å². The van der Waals surface area contributed by atoms with Crippen LogP contribution in [0, 0.1) is 0 Å².